The van der Waals surface area contributed by atoms with Crippen LogP contribution in [0.3, 0.4) is 0 Å². The van der Waals surface area contributed by atoms with E-state index in [-0.39, 0.29) is 0 Å². The minimum atomic E-state index is -0.788. The summed E-state index contributed by atoms with van der Waals surface area (Å²) < 4.78 is 27.2. The first-order valence-corrected chi connectivity index (χ1v) is 8.59. The number of nitrogens with zero attached hydrogens (tertiary/aromatic N) is 1. The molecule has 1 aliphatic heterocycles. The van der Waals surface area contributed by atoms with Gasteiger partial charge in [-0.3, -0.25) is 9.69 Å². The van der Waals surface area contributed by atoms with E-state index in [1.807, 2.05) is 12.1 Å². The highest BCUT2D eigenvalue weighted by atomic mass is 19.1. The van der Waals surface area contributed by atoms with Gasteiger partial charge in [0.1, 0.15) is 17.3 Å². The van der Waals surface area contributed by atoms with Crippen LogP contribution in [0.25, 0.3) is 0 Å². The number of benzene rings is 2. The molecule has 0 aliphatic carbocycles. The van der Waals surface area contributed by atoms with Gasteiger partial charge in [-0.15, -0.1) is 0 Å². The Balaban J connectivity index is 1.64. The second-order valence-corrected chi connectivity index (χ2v) is 6.73. The molecule has 3 nitrogen and oxygen atoms in total. The normalized spacial score (nSPS) is 18.1. The van der Waals surface area contributed by atoms with Gasteiger partial charge >= 0.3 is 0 Å². The molecule has 0 bridgehead atoms. The number of rotatable bonds is 4. The highest BCUT2D eigenvalue weighted by Gasteiger charge is 2.17. The number of carbonyl (C=O) groups excluding carboxylic acids is 1. The number of anilines is 1. The van der Waals surface area contributed by atoms with Crippen LogP contribution in [0.15, 0.2) is 42.5 Å². The van der Waals surface area contributed by atoms with Gasteiger partial charge in [0.05, 0.1) is 0 Å². The van der Waals surface area contributed by atoms with Crippen LogP contribution in [0.5, 0.6) is 0 Å². The number of amides is 1. The fourth-order valence-electron chi connectivity index (χ4n) is 3.25. The van der Waals surface area contributed by atoms with Crippen LogP contribution < -0.4 is 5.32 Å². The van der Waals surface area contributed by atoms with E-state index in [0.717, 1.165) is 43.2 Å². The maximum atomic E-state index is 13.6. The second kappa shape index (κ2) is 7.74. The Morgan fingerprint density at radius 2 is 1.84 bits per heavy atom. The van der Waals surface area contributed by atoms with Crippen molar-refractivity contribution in [1.82, 2.24) is 4.90 Å². The number of hydrogen-bond acceptors (Lipinski definition) is 2. The standard InChI is InChI=1S/C20H22F2N2O/c1-14-4-3-11-24(12-14)13-15-7-9-16(10-8-15)20(25)23-19-17(21)5-2-6-18(19)22/h2,5-10,14H,3-4,11-13H2,1H3,(H,23,25)/t14-/m1/s1. The first kappa shape index (κ1) is 17.5. The second-order valence-electron chi connectivity index (χ2n) is 6.73. The minimum absolute atomic E-state index is 0.374. The highest BCUT2D eigenvalue weighted by Crippen LogP contribution is 2.20. The van der Waals surface area contributed by atoms with Crippen molar-refractivity contribution in [3.8, 4) is 0 Å². The van der Waals surface area contributed by atoms with Gasteiger partial charge in [-0.05, 0) is 55.1 Å². The lowest BCUT2D eigenvalue weighted by Crippen LogP contribution is -2.33. The van der Waals surface area contributed by atoms with Gasteiger partial charge in [0, 0.05) is 18.7 Å². The van der Waals surface area contributed by atoms with Crippen molar-refractivity contribution >= 4 is 11.6 Å². The van der Waals surface area contributed by atoms with Gasteiger partial charge < -0.3 is 5.32 Å². The minimum Gasteiger partial charge on any atom is -0.317 e. The van der Waals surface area contributed by atoms with E-state index in [0.29, 0.717) is 5.56 Å². The number of para-hydroxylation sites is 1. The first-order chi connectivity index (χ1) is 12.0. The van der Waals surface area contributed by atoms with Gasteiger partial charge in [-0.25, -0.2) is 8.78 Å². The Labute approximate surface area is 146 Å². The molecule has 0 saturated carbocycles. The van der Waals surface area contributed by atoms with Crippen molar-refractivity contribution in [2.45, 2.75) is 26.3 Å². The Bertz CT molecular complexity index is 726. The SMILES string of the molecule is C[C@@H]1CCCN(Cc2ccc(C(=O)Nc3c(F)cccc3F)cc2)C1. The van der Waals surface area contributed by atoms with Gasteiger partial charge in [-0.2, -0.15) is 0 Å². The zero-order valence-electron chi connectivity index (χ0n) is 14.3. The van der Waals surface area contributed by atoms with Crippen LogP contribution in [0.4, 0.5) is 14.5 Å². The topological polar surface area (TPSA) is 32.3 Å². The Morgan fingerprint density at radius 3 is 2.48 bits per heavy atom. The molecule has 1 heterocycles. The lowest BCUT2D eigenvalue weighted by Gasteiger charge is -2.30. The fourth-order valence-corrected chi connectivity index (χ4v) is 3.25. The molecule has 5 heteroatoms. The van der Waals surface area contributed by atoms with Gasteiger partial charge in [-0.1, -0.05) is 25.1 Å². The molecule has 0 unspecified atom stereocenters. The number of nitrogens with one attached hydrogen (secondary N) is 1. The van der Waals surface area contributed by atoms with Crippen molar-refractivity contribution in [3.05, 3.63) is 65.2 Å². The summed E-state index contributed by atoms with van der Waals surface area (Å²) in [5, 5.41) is 2.30. The van der Waals surface area contributed by atoms with Crippen LogP contribution in [0.2, 0.25) is 0 Å². The third kappa shape index (κ3) is 4.42. The third-order valence-electron chi connectivity index (χ3n) is 4.56. The van der Waals surface area contributed by atoms with E-state index >= 15 is 0 Å². The Kier molecular flexibility index (Phi) is 5.43. The maximum absolute atomic E-state index is 13.6. The Morgan fingerprint density at radius 1 is 1.16 bits per heavy atom. The summed E-state index contributed by atoms with van der Waals surface area (Å²) in [5.41, 5.74) is 1.08. The van der Waals surface area contributed by atoms with E-state index in [4.69, 9.17) is 0 Å². The average molecular weight is 344 g/mol. The summed E-state index contributed by atoms with van der Waals surface area (Å²) in [4.78, 5) is 14.6. The molecule has 132 valence electrons. The molecule has 1 fully saturated rings. The molecule has 0 aromatic heterocycles. The smallest absolute Gasteiger partial charge is 0.255 e. The van der Waals surface area contributed by atoms with Gasteiger partial charge in [0.25, 0.3) is 5.91 Å². The predicted molar refractivity (Wildman–Crippen MR) is 94.4 cm³/mol. The van der Waals surface area contributed by atoms with Crippen molar-refractivity contribution < 1.29 is 13.6 Å². The molecule has 0 radical (unpaired) electrons. The predicted octanol–water partition coefficient (Wildman–Crippen LogP) is 4.45. The average Bonchev–Trinajstić information content (AvgIpc) is 2.59. The molecule has 25 heavy (non-hydrogen) atoms. The largest absolute Gasteiger partial charge is 0.317 e. The van der Waals surface area contributed by atoms with Crippen molar-refractivity contribution in [3.63, 3.8) is 0 Å². The van der Waals surface area contributed by atoms with Crippen LogP contribution in [-0.4, -0.2) is 23.9 Å². The summed E-state index contributed by atoms with van der Waals surface area (Å²) in [6, 6.07) is 10.7. The summed E-state index contributed by atoms with van der Waals surface area (Å²) in [5.74, 6) is -1.38. The lowest BCUT2D eigenvalue weighted by molar-refractivity contribution is 0.102. The van der Waals surface area contributed by atoms with Crippen LogP contribution in [0, 0.1) is 17.6 Å². The molecule has 1 N–H and O–H groups in total. The van der Waals surface area contributed by atoms with Crippen LogP contribution >= 0.6 is 0 Å². The van der Waals surface area contributed by atoms with E-state index in [2.05, 4.69) is 17.1 Å². The molecule has 2 aromatic rings. The summed E-state index contributed by atoms with van der Waals surface area (Å²) in [7, 11) is 0. The van der Waals surface area contributed by atoms with E-state index < -0.39 is 23.2 Å². The highest BCUT2D eigenvalue weighted by molar-refractivity contribution is 6.04. The quantitative estimate of drug-likeness (QED) is 0.889. The number of halogens is 2. The van der Waals surface area contributed by atoms with Crippen molar-refractivity contribution in [2.75, 3.05) is 18.4 Å². The molecule has 1 saturated heterocycles. The van der Waals surface area contributed by atoms with Gasteiger partial charge in [0.2, 0.25) is 0 Å². The van der Waals surface area contributed by atoms with E-state index in [1.54, 1.807) is 12.1 Å². The number of piperidine rings is 1. The van der Waals surface area contributed by atoms with E-state index in [9.17, 15) is 13.6 Å². The zero-order valence-corrected chi connectivity index (χ0v) is 14.3. The molecular weight excluding hydrogens is 322 g/mol. The van der Waals surface area contributed by atoms with Crippen molar-refractivity contribution in [1.29, 1.82) is 0 Å². The van der Waals surface area contributed by atoms with Crippen LogP contribution in [0.1, 0.15) is 35.7 Å². The monoisotopic (exact) mass is 344 g/mol. The van der Waals surface area contributed by atoms with E-state index in [1.165, 1.54) is 18.9 Å². The number of carbonyl (C=O) groups is 1. The summed E-state index contributed by atoms with van der Waals surface area (Å²) >= 11 is 0. The summed E-state index contributed by atoms with van der Waals surface area (Å²) in [6.07, 6.45) is 2.50. The first-order valence-electron chi connectivity index (χ1n) is 8.59. The molecule has 1 aliphatic rings. The fraction of sp³-hybridized carbons (Fsp3) is 0.350. The molecule has 1 amide bonds. The molecule has 0 spiro atoms. The summed E-state index contributed by atoms with van der Waals surface area (Å²) in [6.45, 7) is 5.31. The zero-order chi connectivity index (χ0) is 17.8. The Hall–Kier alpha value is -2.27. The molecule has 3 rings (SSSR count). The lowest BCUT2D eigenvalue weighted by atomic mass is 9.99. The molecular formula is C20H22F2N2O. The molecule has 1 atom stereocenters. The maximum Gasteiger partial charge on any atom is 0.255 e. The number of likely N-dealkylation sites (tertiary alicyclic amines) is 1. The molecule has 2 aromatic carbocycles. The number of hydrogen-bond donors (Lipinski definition) is 1. The third-order valence-corrected chi connectivity index (χ3v) is 4.56. The van der Waals surface area contributed by atoms with Gasteiger partial charge in [0.15, 0.2) is 0 Å². The van der Waals surface area contributed by atoms with Crippen LogP contribution in [-0.2, 0) is 6.54 Å². The van der Waals surface area contributed by atoms with Crippen molar-refractivity contribution in [2.24, 2.45) is 5.92 Å².